The van der Waals surface area contributed by atoms with Gasteiger partial charge in [-0.25, -0.2) is 4.98 Å². The highest BCUT2D eigenvalue weighted by atomic mass is 16.5. The summed E-state index contributed by atoms with van der Waals surface area (Å²) in [5.41, 5.74) is 2.72. The maximum absolute atomic E-state index is 10.3. The van der Waals surface area contributed by atoms with Gasteiger partial charge in [-0.15, -0.1) is 0 Å². The van der Waals surface area contributed by atoms with Gasteiger partial charge in [-0.05, 0) is 38.2 Å². The van der Waals surface area contributed by atoms with Crippen LogP contribution >= 0.6 is 0 Å². The lowest BCUT2D eigenvalue weighted by molar-refractivity contribution is -0.129. The van der Waals surface area contributed by atoms with E-state index in [1.165, 1.54) is 0 Å². The van der Waals surface area contributed by atoms with Crippen LogP contribution in [0.15, 0.2) is 30.6 Å². The smallest absolute Gasteiger partial charge is 0.293 e. The van der Waals surface area contributed by atoms with Crippen molar-refractivity contribution in [3.8, 4) is 17.1 Å². The van der Waals surface area contributed by atoms with Crippen molar-refractivity contribution in [2.45, 2.75) is 13.0 Å². The Hall–Kier alpha value is -3.00. The van der Waals surface area contributed by atoms with Gasteiger partial charge >= 0.3 is 0 Å². The summed E-state index contributed by atoms with van der Waals surface area (Å²) in [4.78, 5) is 18.9. The molecule has 8 heteroatoms. The van der Waals surface area contributed by atoms with Gasteiger partial charge in [-0.2, -0.15) is 5.10 Å². The van der Waals surface area contributed by atoms with Crippen molar-refractivity contribution < 1.29 is 14.3 Å². The Morgan fingerprint density at radius 1 is 1.32 bits per heavy atom. The topological polar surface area (TPSA) is 102 Å². The van der Waals surface area contributed by atoms with Crippen molar-refractivity contribution >= 4 is 17.4 Å². The number of hydrogen-bond donors (Lipinski definition) is 2. The normalized spacial score (nSPS) is 10.8. The fraction of sp³-hybridized carbons (Fsp3) is 0.294. The third-order valence-corrected chi connectivity index (χ3v) is 3.60. The Morgan fingerprint density at radius 2 is 2.24 bits per heavy atom. The molecule has 2 heterocycles. The van der Waals surface area contributed by atoms with Crippen LogP contribution in [0.5, 0.6) is 5.75 Å². The second-order valence-electron chi connectivity index (χ2n) is 5.39. The quantitative estimate of drug-likeness (QED) is 0.451. The molecule has 3 rings (SSSR count). The van der Waals surface area contributed by atoms with Crippen LogP contribution in [0.25, 0.3) is 22.3 Å². The van der Waals surface area contributed by atoms with Gasteiger partial charge in [0.1, 0.15) is 23.7 Å². The molecule has 2 N–H and O–H groups in total. The summed E-state index contributed by atoms with van der Waals surface area (Å²) < 4.78 is 10.5. The molecular weight excluding hydrogens is 322 g/mol. The second-order valence-corrected chi connectivity index (χ2v) is 5.39. The molecule has 2 aromatic heterocycles. The number of carbonyl (C=O) groups is 1. The zero-order chi connectivity index (χ0) is 17.5. The van der Waals surface area contributed by atoms with E-state index in [0.717, 1.165) is 29.6 Å². The van der Waals surface area contributed by atoms with E-state index in [9.17, 15) is 4.79 Å². The van der Waals surface area contributed by atoms with Crippen molar-refractivity contribution in [1.82, 2.24) is 25.5 Å². The molecule has 25 heavy (non-hydrogen) atoms. The van der Waals surface area contributed by atoms with Crippen molar-refractivity contribution in [2.75, 3.05) is 20.2 Å². The van der Waals surface area contributed by atoms with E-state index in [-0.39, 0.29) is 6.61 Å². The summed E-state index contributed by atoms with van der Waals surface area (Å²) >= 11 is 0. The van der Waals surface area contributed by atoms with E-state index in [2.05, 4.69) is 25.5 Å². The minimum Gasteiger partial charge on any atom is -0.494 e. The zero-order valence-corrected chi connectivity index (χ0v) is 13.9. The first-order chi connectivity index (χ1) is 12.3. The van der Waals surface area contributed by atoms with Crippen LogP contribution in [0.4, 0.5) is 0 Å². The Bertz CT molecular complexity index is 849. The lowest BCUT2D eigenvalue weighted by atomic mass is 10.1. The fourth-order valence-electron chi connectivity index (χ4n) is 2.43. The van der Waals surface area contributed by atoms with E-state index < -0.39 is 0 Å². The van der Waals surface area contributed by atoms with Crippen molar-refractivity contribution in [2.24, 2.45) is 0 Å². The van der Waals surface area contributed by atoms with Crippen LogP contribution < -0.4 is 10.1 Å². The Morgan fingerprint density at radius 3 is 3.08 bits per heavy atom. The summed E-state index contributed by atoms with van der Waals surface area (Å²) in [6.45, 7) is 2.00. The predicted octanol–water partition coefficient (Wildman–Crippen LogP) is 1.68. The molecule has 0 radical (unpaired) electrons. The molecule has 0 aliphatic carbocycles. The zero-order valence-electron chi connectivity index (χ0n) is 13.9. The molecule has 0 amide bonds. The van der Waals surface area contributed by atoms with Gasteiger partial charge in [0.15, 0.2) is 0 Å². The number of hydrogen-bond acceptors (Lipinski definition) is 7. The molecule has 0 aliphatic rings. The third-order valence-electron chi connectivity index (χ3n) is 3.60. The van der Waals surface area contributed by atoms with E-state index in [0.29, 0.717) is 30.2 Å². The number of fused-ring (bicyclic) bond motifs is 1. The molecule has 130 valence electrons. The summed E-state index contributed by atoms with van der Waals surface area (Å²) in [6, 6.07) is 5.76. The second kappa shape index (κ2) is 8.20. The predicted molar refractivity (Wildman–Crippen MR) is 92.0 cm³/mol. The average molecular weight is 341 g/mol. The molecule has 0 atom stereocenters. The first kappa shape index (κ1) is 16.8. The molecular formula is C17H19N5O3. The van der Waals surface area contributed by atoms with Gasteiger partial charge in [0, 0.05) is 5.39 Å². The third kappa shape index (κ3) is 4.10. The number of nitrogens with one attached hydrogen (secondary N) is 2. The maximum Gasteiger partial charge on any atom is 0.293 e. The molecule has 0 saturated carbocycles. The van der Waals surface area contributed by atoms with E-state index in [1.807, 2.05) is 25.2 Å². The molecule has 0 fully saturated rings. The number of aromatic nitrogens is 4. The van der Waals surface area contributed by atoms with E-state index in [4.69, 9.17) is 9.47 Å². The molecule has 0 aliphatic heterocycles. The highest BCUT2D eigenvalue weighted by Gasteiger charge is 2.12. The standard InChI is InChI=1S/C17H19N5O3/c1-18-5-2-6-25-13-3-4-15-14(7-13)17(22-21-15)16-9-19-8-12(20-16)10-24-11-23/h3-4,7-9,11,18H,2,5-6,10H2,1H3,(H,21,22). The minimum atomic E-state index is 0.0759. The number of nitrogens with zero attached hydrogens (tertiary/aromatic N) is 3. The maximum atomic E-state index is 10.3. The van der Waals surface area contributed by atoms with Gasteiger partial charge in [0.2, 0.25) is 0 Å². The first-order valence-corrected chi connectivity index (χ1v) is 7.94. The lowest BCUT2D eigenvalue weighted by Crippen LogP contribution is -2.11. The Kier molecular flexibility index (Phi) is 5.53. The van der Waals surface area contributed by atoms with E-state index >= 15 is 0 Å². The van der Waals surface area contributed by atoms with Crippen molar-refractivity contribution in [3.63, 3.8) is 0 Å². The summed E-state index contributed by atoms with van der Waals surface area (Å²) in [6.07, 6.45) is 4.11. The fourth-order valence-corrected chi connectivity index (χ4v) is 2.43. The van der Waals surface area contributed by atoms with Crippen LogP contribution in [0.1, 0.15) is 12.1 Å². The molecule has 0 spiro atoms. The number of H-pyrrole nitrogens is 1. The SMILES string of the molecule is CNCCCOc1ccc2[nH]nc(-c3cncc(COC=O)n3)c2c1. The van der Waals surface area contributed by atoms with Gasteiger partial charge < -0.3 is 14.8 Å². The van der Waals surface area contributed by atoms with Crippen LogP contribution in [-0.2, 0) is 16.1 Å². The average Bonchev–Trinajstić information content (AvgIpc) is 3.07. The largest absolute Gasteiger partial charge is 0.494 e. The number of aromatic amines is 1. The summed E-state index contributed by atoms with van der Waals surface area (Å²) in [5.74, 6) is 0.777. The van der Waals surface area contributed by atoms with Crippen LogP contribution in [0.3, 0.4) is 0 Å². The Labute approximate surface area is 144 Å². The van der Waals surface area contributed by atoms with Crippen LogP contribution in [0, 0.1) is 0 Å². The summed E-state index contributed by atoms with van der Waals surface area (Å²) in [7, 11) is 1.92. The highest BCUT2D eigenvalue weighted by molar-refractivity contribution is 5.92. The van der Waals surface area contributed by atoms with Crippen LogP contribution in [0.2, 0.25) is 0 Å². The molecule has 1 aromatic carbocycles. The molecule has 0 unspecified atom stereocenters. The van der Waals surface area contributed by atoms with Crippen molar-refractivity contribution in [1.29, 1.82) is 0 Å². The number of ether oxygens (including phenoxy) is 2. The Balaban J connectivity index is 1.85. The monoisotopic (exact) mass is 341 g/mol. The van der Waals surface area contributed by atoms with Gasteiger partial charge in [-0.1, -0.05) is 0 Å². The van der Waals surface area contributed by atoms with Gasteiger partial charge in [-0.3, -0.25) is 14.9 Å². The first-order valence-electron chi connectivity index (χ1n) is 7.94. The molecule has 0 bridgehead atoms. The lowest BCUT2D eigenvalue weighted by Gasteiger charge is -2.06. The van der Waals surface area contributed by atoms with E-state index in [1.54, 1.807) is 12.4 Å². The molecule has 3 aromatic rings. The van der Waals surface area contributed by atoms with Crippen molar-refractivity contribution in [3.05, 3.63) is 36.3 Å². The number of carbonyl (C=O) groups excluding carboxylic acids is 1. The number of rotatable bonds is 9. The minimum absolute atomic E-state index is 0.0759. The molecule has 8 nitrogen and oxygen atoms in total. The van der Waals surface area contributed by atoms with Crippen LogP contribution in [-0.4, -0.2) is 46.8 Å². The number of benzene rings is 1. The summed E-state index contributed by atoms with van der Waals surface area (Å²) in [5, 5.41) is 11.3. The highest BCUT2D eigenvalue weighted by Crippen LogP contribution is 2.28. The molecule has 0 saturated heterocycles. The van der Waals surface area contributed by atoms with Gasteiger partial charge in [0.25, 0.3) is 6.47 Å². The van der Waals surface area contributed by atoms with Gasteiger partial charge in [0.05, 0.1) is 30.2 Å².